The molecule has 4 heteroatoms. The van der Waals surface area contributed by atoms with Gasteiger partial charge in [0.05, 0.1) is 18.3 Å². The van der Waals surface area contributed by atoms with Crippen LogP contribution in [0, 0.1) is 40.9 Å². The molecule has 0 bridgehead atoms. The fraction of sp³-hybridized carbons (Fsp3) is 0.810. The Morgan fingerprint density at radius 1 is 1.12 bits per heavy atom. The van der Waals surface area contributed by atoms with E-state index in [0.717, 1.165) is 25.7 Å². The van der Waals surface area contributed by atoms with Gasteiger partial charge in [-0.3, -0.25) is 0 Å². The molecule has 4 aliphatic carbocycles. The van der Waals surface area contributed by atoms with Crippen molar-refractivity contribution in [2.45, 2.75) is 76.3 Å². The van der Waals surface area contributed by atoms with Crippen LogP contribution in [-0.2, 0) is 0 Å². The first-order valence-electron chi connectivity index (χ1n) is 9.63. The minimum Gasteiger partial charge on any atom is -0.393 e. The van der Waals surface area contributed by atoms with E-state index in [1.165, 1.54) is 5.57 Å². The molecule has 9 atom stereocenters. The Balaban J connectivity index is 1.77. The van der Waals surface area contributed by atoms with Crippen molar-refractivity contribution in [3.8, 4) is 12.3 Å². The summed E-state index contributed by atoms with van der Waals surface area (Å²) in [6.45, 7) is 4.26. The predicted molar refractivity (Wildman–Crippen MR) is 94.3 cm³/mol. The van der Waals surface area contributed by atoms with Gasteiger partial charge in [0.2, 0.25) is 0 Å². The van der Waals surface area contributed by atoms with Gasteiger partial charge in [0.15, 0.2) is 5.60 Å². The number of terminal acetylenes is 1. The summed E-state index contributed by atoms with van der Waals surface area (Å²) < 4.78 is 0. The molecule has 0 aromatic rings. The normalized spacial score (nSPS) is 57.7. The third-order valence-corrected chi connectivity index (χ3v) is 8.54. The number of hydrogen-bond donors (Lipinski definition) is 4. The Hall–Kier alpha value is -0.860. The zero-order chi connectivity index (χ0) is 18.2. The second kappa shape index (κ2) is 5.33. The van der Waals surface area contributed by atoms with Gasteiger partial charge in [-0.2, -0.15) is 0 Å². The molecule has 0 radical (unpaired) electrons. The number of aliphatic hydroxyl groups excluding tert-OH is 3. The van der Waals surface area contributed by atoms with E-state index in [4.69, 9.17) is 6.42 Å². The van der Waals surface area contributed by atoms with Crippen molar-refractivity contribution in [1.82, 2.24) is 0 Å². The van der Waals surface area contributed by atoms with Gasteiger partial charge in [-0.1, -0.05) is 31.4 Å². The van der Waals surface area contributed by atoms with Crippen molar-refractivity contribution < 1.29 is 20.4 Å². The largest absolute Gasteiger partial charge is 0.393 e. The summed E-state index contributed by atoms with van der Waals surface area (Å²) in [6, 6.07) is 0. The lowest BCUT2D eigenvalue weighted by molar-refractivity contribution is -0.135. The molecule has 0 aromatic carbocycles. The van der Waals surface area contributed by atoms with Gasteiger partial charge in [0.25, 0.3) is 0 Å². The number of fused-ring (bicyclic) bond motifs is 5. The highest BCUT2D eigenvalue weighted by Crippen LogP contribution is 2.66. The van der Waals surface area contributed by atoms with Crippen LogP contribution in [0.25, 0.3) is 0 Å². The molecule has 25 heavy (non-hydrogen) atoms. The van der Waals surface area contributed by atoms with Crippen molar-refractivity contribution in [2.75, 3.05) is 0 Å². The minimum atomic E-state index is -1.52. The molecule has 0 heterocycles. The summed E-state index contributed by atoms with van der Waals surface area (Å²) >= 11 is 0. The molecule has 0 saturated heterocycles. The Bertz CT molecular complexity index is 651. The number of rotatable bonds is 0. The predicted octanol–water partition coefficient (Wildman–Crippen LogP) is 1.62. The average molecular weight is 346 g/mol. The highest BCUT2D eigenvalue weighted by atomic mass is 16.3. The molecule has 4 rings (SSSR count). The molecule has 4 aliphatic rings. The van der Waals surface area contributed by atoms with Crippen LogP contribution >= 0.6 is 0 Å². The summed E-state index contributed by atoms with van der Waals surface area (Å²) in [5.74, 6) is 2.79. The third kappa shape index (κ3) is 2.04. The third-order valence-electron chi connectivity index (χ3n) is 8.54. The lowest BCUT2D eigenvalue weighted by Crippen LogP contribution is -2.58. The molecular weight excluding hydrogens is 316 g/mol. The Kier molecular flexibility index (Phi) is 3.74. The highest BCUT2D eigenvalue weighted by molar-refractivity contribution is 5.32. The topological polar surface area (TPSA) is 80.9 Å². The highest BCUT2D eigenvalue weighted by Gasteiger charge is 2.68. The minimum absolute atomic E-state index is 0.000215. The van der Waals surface area contributed by atoms with Gasteiger partial charge in [-0.25, -0.2) is 0 Å². The van der Waals surface area contributed by atoms with Crippen LogP contribution in [0.15, 0.2) is 11.6 Å². The van der Waals surface area contributed by atoms with Crippen LogP contribution in [0.2, 0.25) is 0 Å². The summed E-state index contributed by atoms with van der Waals surface area (Å²) in [6.07, 6.45) is 10.2. The zero-order valence-electron chi connectivity index (χ0n) is 15.2. The van der Waals surface area contributed by atoms with Gasteiger partial charge >= 0.3 is 0 Å². The monoisotopic (exact) mass is 346 g/mol. The van der Waals surface area contributed by atoms with E-state index in [1.54, 1.807) is 0 Å². The van der Waals surface area contributed by atoms with Crippen molar-refractivity contribution >= 4 is 0 Å². The average Bonchev–Trinajstić information content (AvgIpc) is 2.77. The lowest BCUT2D eigenvalue weighted by Gasteiger charge is -2.59. The Labute approximate surface area is 150 Å². The van der Waals surface area contributed by atoms with Gasteiger partial charge in [0.1, 0.15) is 0 Å². The molecule has 3 fully saturated rings. The first-order valence-corrected chi connectivity index (χ1v) is 9.63. The van der Waals surface area contributed by atoms with Gasteiger partial charge in [-0.05, 0) is 61.7 Å². The van der Waals surface area contributed by atoms with Crippen molar-refractivity contribution in [3.05, 3.63) is 11.6 Å². The summed E-state index contributed by atoms with van der Waals surface area (Å²) in [7, 11) is 0. The first-order chi connectivity index (χ1) is 11.7. The molecule has 0 spiro atoms. The van der Waals surface area contributed by atoms with Gasteiger partial charge < -0.3 is 20.4 Å². The van der Waals surface area contributed by atoms with Crippen LogP contribution in [0.4, 0.5) is 0 Å². The molecule has 0 amide bonds. The molecule has 4 nitrogen and oxygen atoms in total. The van der Waals surface area contributed by atoms with E-state index < -0.39 is 23.2 Å². The second-order valence-corrected chi connectivity index (χ2v) is 9.41. The molecule has 0 aromatic heterocycles. The molecular formula is C21H30O4. The summed E-state index contributed by atoms with van der Waals surface area (Å²) in [4.78, 5) is 0. The van der Waals surface area contributed by atoms with Crippen LogP contribution in [-0.4, -0.2) is 44.3 Å². The van der Waals surface area contributed by atoms with Crippen LogP contribution in [0.5, 0.6) is 0 Å². The maximum absolute atomic E-state index is 11.0. The molecule has 4 N–H and O–H groups in total. The lowest BCUT2D eigenvalue weighted by atomic mass is 9.46. The van der Waals surface area contributed by atoms with Crippen molar-refractivity contribution in [2.24, 2.45) is 28.6 Å². The summed E-state index contributed by atoms with van der Waals surface area (Å²) in [5.41, 5.74) is -0.907. The number of hydrogen-bond acceptors (Lipinski definition) is 4. The smallest absolute Gasteiger partial charge is 0.156 e. The van der Waals surface area contributed by atoms with Crippen LogP contribution in [0.1, 0.15) is 52.4 Å². The van der Waals surface area contributed by atoms with Gasteiger partial charge in [-0.15, -0.1) is 6.42 Å². The second-order valence-electron chi connectivity index (χ2n) is 9.41. The van der Waals surface area contributed by atoms with E-state index in [-0.39, 0.29) is 23.4 Å². The molecule has 0 aliphatic heterocycles. The van der Waals surface area contributed by atoms with Crippen molar-refractivity contribution in [1.29, 1.82) is 0 Å². The van der Waals surface area contributed by atoms with E-state index in [2.05, 4.69) is 12.8 Å². The van der Waals surface area contributed by atoms with E-state index >= 15 is 0 Å². The fourth-order valence-electron chi connectivity index (χ4n) is 6.92. The van der Waals surface area contributed by atoms with Crippen molar-refractivity contribution in [3.63, 3.8) is 0 Å². The van der Waals surface area contributed by atoms with Crippen LogP contribution in [0.3, 0.4) is 0 Å². The van der Waals surface area contributed by atoms with Crippen LogP contribution < -0.4 is 0 Å². The summed E-state index contributed by atoms with van der Waals surface area (Å²) in [5, 5.41) is 42.6. The SMILES string of the molecule is C#C[C@@]1(O)[C@H](O)CC2C3C(CC[C@@]21C)[C@@]1(C)CC[C@H](O)CC1=C[C@@H]3O. The maximum Gasteiger partial charge on any atom is 0.156 e. The zero-order valence-corrected chi connectivity index (χ0v) is 15.2. The Morgan fingerprint density at radius 3 is 2.52 bits per heavy atom. The first kappa shape index (κ1) is 17.5. The van der Waals surface area contributed by atoms with E-state index in [1.807, 2.05) is 13.0 Å². The Morgan fingerprint density at radius 2 is 1.84 bits per heavy atom. The molecule has 3 unspecified atom stereocenters. The van der Waals surface area contributed by atoms with E-state index in [9.17, 15) is 20.4 Å². The maximum atomic E-state index is 11.0. The van der Waals surface area contributed by atoms with Gasteiger partial charge in [0, 0.05) is 5.41 Å². The van der Waals surface area contributed by atoms with E-state index in [0.29, 0.717) is 18.8 Å². The quantitative estimate of drug-likeness (QED) is 0.397. The molecule has 3 saturated carbocycles. The molecule has 138 valence electrons. The number of aliphatic hydroxyl groups is 4. The fourth-order valence-corrected chi connectivity index (χ4v) is 6.92. The standard InChI is InChI=1S/C21H30O4/c1-4-21(25)17(24)11-15-18-14(6-8-20(15,21)3)19(2)7-5-13(22)9-12(19)10-16(18)23/h1,10,13-18,22-25H,5-9,11H2,2-3H3/t13-,14?,15?,16-,17+,18?,19-,20-,21+/m0/s1.